The first-order valence-electron chi connectivity index (χ1n) is 5.69. The fraction of sp³-hybridized carbons (Fsp3) is 0.818. The van der Waals surface area contributed by atoms with Gasteiger partial charge in [0.2, 0.25) is 0 Å². The highest BCUT2D eigenvalue weighted by Crippen LogP contribution is 2.30. The molecule has 1 N–H and O–H groups in total. The zero-order valence-electron chi connectivity index (χ0n) is 9.55. The Hall–Kier alpha value is -0.940. The highest BCUT2D eigenvalue weighted by molar-refractivity contribution is 6.02. The average molecular weight is 227 g/mol. The number of aliphatic hydroxyl groups is 1. The maximum Gasteiger partial charge on any atom is 0.258 e. The van der Waals surface area contributed by atoms with Crippen LogP contribution in [-0.2, 0) is 14.3 Å². The van der Waals surface area contributed by atoms with Gasteiger partial charge in [-0.05, 0) is 18.8 Å². The Bertz CT molecular complexity index is 293. The van der Waals surface area contributed by atoms with Crippen molar-refractivity contribution in [3.8, 4) is 0 Å². The highest BCUT2D eigenvalue weighted by atomic mass is 16.5. The first-order chi connectivity index (χ1) is 7.56. The van der Waals surface area contributed by atoms with Gasteiger partial charge in [0.25, 0.3) is 11.8 Å². The van der Waals surface area contributed by atoms with E-state index in [1.165, 1.54) is 4.90 Å². The second-order valence-corrected chi connectivity index (χ2v) is 4.73. The van der Waals surface area contributed by atoms with Crippen molar-refractivity contribution >= 4 is 11.8 Å². The summed E-state index contributed by atoms with van der Waals surface area (Å²) in [6.07, 6.45) is 0.273. The smallest absolute Gasteiger partial charge is 0.258 e. The molecule has 2 saturated heterocycles. The molecule has 0 aromatic rings. The second kappa shape index (κ2) is 4.14. The minimum absolute atomic E-state index is 0.0513. The van der Waals surface area contributed by atoms with Crippen LogP contribution in [0.1, 0.15) is 26.7 Å². The van der Waals surface area contributed by atoms with Crippen LogP contribution in [0.2, 0.25) is 0 Å². The van der Waals surface area contributed by atoms with Crippen LogP contribution in [0.3, 0.4) is 0 Å². The number of carbonyl (C=O) groups excluding carboxylic acids is 2. The predicted octanol–water partition coefficient (Wildman–Crippen LogP) is -0.0803. The first-order valence-corrected chi connectivity index (χ1v) is 5.69. The maximum absolute atomic E-state index is 12.0. The van der Waals surface area contributed by atoms with E-state index in [1.54, 1.807) is 0 Å². The van der Waals surface area contributed by atoms with Crippen LogP contribution in [0.25, 0.3) is 0 Å². The van der Waals surface area contributed by atoms with E-state index in [-0.39, 0.29) is 24.3 Å². The summed E-state index contributed by atoms with van der Waals surface area (Å²) < 4.78 is 5.30. The van der Waals surface area contributed by atoms with E-state index in [0.29, 0.717) is 12.8 Å². The molecular weight excluding hydrogens is 210 g/mol. The Kier molecular flexibility index (Phi) is 2.99. The van der Waals surface area contributed by atoms with Crippen molar-refractivity contribution in [1.29, 1.82) is 0 Å². The Morgan fingerprint density at radius 3 is 2.19 bits per heavy atom. The number of imide groups is 1. The lowest BCUT2D eigenvalue weighted by molar-refractivity contribution is -0.174. The Labute approximate surface area is 94.4 Å². The van der Waals surface area contributed by atoms with Crippen molar-refractivity contribution in [3.05, 3.63) is 0 Å². The molecule has 0 spiro atoms. The summed E-state index contributed by atoms with van der Waals surface area (Å²) in [4.78, 5) is 25.2. The number of morpholine rings is 1. The van der Waals surface area contributed by atoms with Gasteiger partial charge in [-0.25, -0.2) is 0 Å². The van der Waals surface area contributed by atoms with Crippen LogP contribution < -0.4 is 0 Å². The lowest BCUT2D eigenvalue weighted by atomic mass is 10.0. The molecule has 5 nitrogen and oxygen atoms in total. The predicted molar refractivity (Wildman–Crippen MR) is 55.5 cm³/mol. The Morgan fingerprint density at radius 2 is 1.81 bits per heavy atom. The van der Waals surface area contributed by atoms with Crippen molar-refractivity contribution in [3.63, 3.8) is 0 Å². The largest absolute Gasteiger partial charge is 0.394 e. The quantitative estimate of drug-likeness (QED) is 0.685. The summed E-state index contributed by atoms with van der Waals surface area (Å²) in [7, 11) is 0. The minimum Gasteiger partial charge on any atom is -0.394 e. The molecule has 2 rings (SSSR count). The lowest BCUT2D eigenvalue weighted by Crippen LogP contribution is -2.58. The van der Waals surface area contributed by atoms with Gasteiger partial charge in [-0.15, -0.1) is 0 Å². The second-order valence-electron chi connectivity index (χ2n) is 4.73. The van der Waals surface area contributed by atoms with E-state index in [9.17, 15) is 14.7 Å². The fourth-order valence-electron chi connectivity index (χ4n) is 2.34. The van der Waals surface area contributed by atoms with Gasteiger partial charge in [0, 0.05) is 0 Å². The Balaban J connectivity index is 2.25. The number of hydrogen-bond donors (Lipinski definition) is 1. The fourth-order valence-corrected chi connectivity index (χ4v) is 2.34. The van der Waals surface area contributed by atoms with Crippen molar-refractivity contribution in [2.75, 3.05) is 6.61 Å². The zero-order valence-corrected chi connectivity index (χ0v) is 9.55. The van der Waals surface area contributed by atoms with E-state index in [4.69, 9.17) is 4.74 Å². The van der Waals surface area contributed by atoms with Gasteiger partial charge < -0.3 is 9.84 Å². The van der Waals surface area contributed by atoms with E-state index in [1.807, 2.05) is 13.8 Å². The molecule has 2 aliphatic heterocycles. The van der Waals surface area contributed by atoms with Gasteiger partial charge >= 0.3 is 0 Å². The SMILES string of the molecule is CC(C)C(CO)N1C(=O)C2CCC(O2)C1=O. The van der Waals surface area contributed by atoms with Crippen molar-refractivity contribution in [2.45, 2.75) is 44.9 Å². The molecule has 0 aliphatic carbocycles. The van der Waals surface area contributed by atoms with Gasteiger partial charge in [-0.3, -0.25) is 14.5 Å². The maximum atomic E-state index is 12.0. The van der Waals surface area contributed by atoms with Gasteiger partial charge in [0.15, 0.2) is 0 Å². The molecule has 2 bridgehead atoms. The lowest BCUT2D eigenvalue weighted by Gasteiger charge is -2.36. The number of amides is 2. The summed E-state index contributed by atoms with van der Waals surface area (Å²) in [6, 6.07) is -0.424. The van der Waals surface area contributed by atoms with Gasteiger partial charge in [0.05, 0.1) is 12.6 Å². The summed E-state index contributed by atoms with van der Waals surface area (Å²) in [6.45, 7) is 3.59. The number of aliphatic hydroxyl groups excluding tert-OH is 1. The van der Waals surface area contributed by atoms with E-state index in [0.717, 1.165) is 0 Å². The number of rotatable bonds is 3. The first kappa shape index (κ1) is 11.5. The molecule has 5 heteroatoms. The van der Waals surface area contributed by atoms with E-state index >= 15 is 0 Å². The summed E-state index contributed by atoms with van der Waals surface area (Å²) in [5.41, 5.74) is 0. The van der Waals surface area contributed by atoms with Crippen molar-refractivity contribution in [2.24, 2.45) is 5.92 Å². The van der Waals surface area contributed by atoms with E-state index < -0.39 is 18.2 Å². The molecule has 3 unspecified atom stereocenters. The van der Waals surface area contributed by atoms with Gasteiger partial charge in [0.1, 0.15) is 12.2 Å². The molecule has 0 aromatic carbocycles. The zero-order chi connectivity index (χ0) is 11.9. The minimum atomic E-state index is -0.476. The van der Waals surface area contributed by atoms with Crippen molar-refractivity contribution in [1.82, 2.24) is 4.90 Å². The molecule has 0 aromatic heterocycles. The number of fused-ring (bicyclic) bond motifs is 2. The summed E-state index contributed by atoms with van der Waals surface area (Å²) in [5, 5.41) is 9.29. The molecule has 0 saturated carbocycles. The summed E-state index contributed by atoms with van der Waals surface area (Å²) in [5.74, 6) is -0.520. The standard InChI is InChI=1S/C11H17NO4/c1-6(2)7(5-13)12-10(14)8-3-4-9(16-8)11(12)15/h6-9,13H,3-5H2,1-2H3. The number of likely N-dealkylation sites (tertiary alicyclic amines) is 1. The van der Waals surface area contributed by atoms with Crippen LogP contribution in [0.15, 0.2) is 0 Å². The van der Waals surface area contributed by atoms with Crippen molar-refractivity contribution < 1.29 is 19.4 Å². The third-order valence-corrected chi connectivity index (χ3v) is 3.33. The van der Waals surface area contributed by atoms with Crippen LogP contribution in [0.5, 0.6) is 0 Å². The number of nitrogens with zero attached hydrogens (tertiary/aromatic N) is 1. The average Bonchev–Trinajstić information content (AvgIpc) is 2.67. The molecule has 2 fully saturated rings. The molecule has 2 amide bonds. The normalized spacial score (nSPS) is 31.4. The Morgan fingerprint density at radius 1 is 1.31 bits per heavy atom. The number of carbonyl (C=O) groups is 2. The topological polar surface area (TPSA) is 66.8 Å². The van der Waals surface area contributed by atoms with Crippen LogP contribution in [0.4, 0.5) is 0 Å². The van der Waals surface area contributed by atoms with Crippen LogP contribution in [0, 0.1) is 5.92 Å². The molecule has 16 heavy (non-hydrogen) atoms. The number of ether oxygens (including phenoxy) is 1. The third kappa shape index (κ3) is 1.64. The molecular formula is C11H17NO4. The number of hydrogen-bond acceptors (Lipinski definition) is 4. The molecule has 2 aliphatic rings. The molecule has 0 radical (unpaired) electrons. The third-order valence-electron chi connectivity index (χ3n) is 3.33. The molecule has 2 heterocycles. The van der Waals surface area contributed by atoms with Gasteiger partial charge in [-0.1, -0.05) is 13.8 Å². The summed E-state index contributed by atoms with van der Waals surface area (Å²) >= 11 is 0. The van der Waals surface area contributed by atoms with E-state index in [2.05, 4.69) is 0 Å². The van der Waals surface area contributed by atoms with Crippen LogP contribution in [-0.4, -0.2) is 46.7 Å². The van der Waals surface area contributed by atoms with Gasteiger partial charge in [-0.2, -0.15) is 0 Å². The monoisotopic (exact) mass is 227 g/mol. The van der Waals surface area contributed by atoms with Crippen LogP contribution >= 0.6 is 0 Å². The molecule has 90 valence electrons. The molecule has 3 atom stereocenters. The highest BCUT2D eigenvalue weighted by Gasteiger charge is 2.49.